The Morgan fingerprint density at radius 3 is 2.36 bits per heavy atom. The highest BCUT2D eigenvalue weighted by Gasteiger charge is 2.20. The lowest BCUT2D eigenvalue weighted by Gasteiger charge is -2.34. The van der Waals surface area contributed by atoms with Gasteiger partial charge in [0.1, 0.15) is 5.82 Å². The summed E-state index contributed by atoms with van der Waals surface area (Å²) < 4.78 is 2.11. The molecule has 1 aliphatic rings. The van der Waals surface area contributed by atoms with Crippen molar-refractivity contribution in [2.75, 3.05) is 31.1 Å². The van der Waals surface area contributed by atoms with Gasteiger partial charge in [0, 0.05) is 63.9 Å². The Labute approximate surface area is 147 Å². The molecule has 4 rings (SSSR count). The van der Waals surface area contributed by atoms with Crippen molar-refractivity contribution in [3.05, 3.63) is 60.7 Å². The number of hydrogen-bond acceptors (Lipinski definition) is 5. The second-order valence-electron chi connectivity index (χ2n) is 6.34. The molecule has 1 saturated heterocycles. The Kier molecular flexibility index (Phi) is 4.43. The van der Waals surface area contributed by atoms with Gasteiger partial charge < -0.3 is 9.47 Å². The second kappa shape index (κ2) is 7.03. The van der Waals surface area contributed by atoms with Gasteiger partial charge in [0.25, 0.3) is 0 Å². The summed E-state index contributed by atoms with van der Waals surface area (Å²) >= 11 is 0. The molecular formula is C19H22N6. The van der Waals surface area contributed by atoms with E-state index in [0.717, 1.165) is 55.8 Å². The van der Waals surface area contributed by atoms with Crippen molar-refractivity contribution in [2.24, 2.45) is 7.05 Å². The van der Waals surface area contributed by atoms with Crippen molar-refractivity contribution in [3.63, 3.8) is 0 Å². The fourth-order valence-corrected chi connectivity index (χ4v) is 3.25. The Morgan fingerprint density at radius 1 is 0.920 bits per heavy atom. The quantitative estimate of drug-likeness (QED) is 0.732. The first-order chi connectivity index (χ1) is 12.3. The molecule has 0 unspecified atom stereocenters. The average Bonchev–Trinajstić information content (AvgIpc) is 3.04. The van der Waals surface area contributed by atoms with Crippen LogP contribution >= 0.6 is 0 Å². The third-order valence-electron chi connectivity index (χ3n) is 4.55. The maximum absolute atomic E-state index is 4.83. The summed E-state index contributed by atoms with van der Waals surface area (Å²) in [7, 11) is 2.06. The lowest BCUT2D eigenvalue weighted by atomic mass is 10.2. The van der Waals surface area contributed by atoms with Crippen molar-refractivity contribution in [2.45, 2.75) is 6.54 Å². The number of rotatable bonds is 4. The van der Waals surface area contributed by atoms with Gasteiger partial charge in [0.15, 0.2) is 0 Å². The highest BCUT2D eigenvalue weighted by molar-refractivity contribution is 5.55. The van der Waals surface area contributed by atoms with E-state index >= 15 is 0 Å². The van der Waals surface area contributed by atoms with Crippen LogP contribution in [0.15, 0.2) is 55.0 Å². The molecule has 6 nitrogen and oxygen atoms in total. The summed E-state index contributed by atoms with van der Waals surface area (Å²) in [5.74, 6) is 1.85. The number of aryl methyl sites for hydroxylation is 1. The van der Waals surface area contributed by atoms with E-state index in [1.165, 1.54) is 0 Å². The third-order valence-corrected chi connectivity index (χ3v) is 4.55. The molecule has 25 heavy (non-hydrogen) atoms. The summed E-state index contributed by atoms with van der Waals surface area (Å²) in [4.78, 5) is 18.2. The SMILES string of the molecule is Cn1cc(CN2CCN(c3ncccn3)CC2)nc1-c1ccccc1. The van der Waals surface area contributed by atoms with Crippen LogP contribution in [-0.4, -0.2) is 50.6 Å². The minimum absolute atomic E-state index is 0.825. The molecule has 0 bridgehead atoms. The molecule has 1 fully saturated rings. The fourth-order valence-electron chi connectivity index (χ4n) is 3.25. The molecule has 1 aromatic carbocycles. The largest absolute Gasteiger partial charge is 0.338 e. The fraction of sp³-hybridized carbons (Fsp3) is 0.316. The van der Waals surface area contributed by atoms with E-state index < -0.39 is 0 Å². The second-order valence-corrected chi connectivity index (χ2v) is 6.34. The zero-order valence-electron chi connectivity index (χ0n) is 14.4. The zero-order valence-corrected chi connectivity index (χ0v) is 14.4. The van der Waals surface area contributed by atoms with Gasteiger partial charge in [-0.2, -0.15) is 0 Å². The number of benzene rings is 1. The van der Waals surface area contributed by atoms with Gasteiger partial charge in [0.2, 0.25) is 5.95 Å². The molecule has 1 aliphatic heterocycles. The molecular weight excluding hydrogens is 312 g/mol. The van der Waals surface area contributed by atoms with E-state index in [-0.39, 0.29) is 0 Å². The number of piperazine rings is 1. The molecule has 0 amide bonds. The first-order valence-electron chi connectivity index (χ1n) is 8.61. The number of imidazole rings is 1. The predicted molar refractivity (Wildman–Crippen MR) is 98.2 cm³/mol. The zero-order chi connectivity index (χ0) is 17.1. The molecule has 0 radical (unpaired) electrons. The monoisotopic (exact) mass is 334 g/mol. The van der Waals surface area contributed by atoms with Gasteiger partial charge in [-0.05, 0) is 6.07 Å². The third kappa shape index (κ3) is 3.53. The van der Waals surface area contributed by atoms with Crippen molar-refractivity contribution in [3.8, 4) is 11.4 Å². The topological polar surface area (TPSA) is 50.1 Å². The Bertz CT molecular complexity index is 806. The molecule has 0 atom stereocenters. The van der Waals surface area contributed by atoms with Gasteiger partial charge in [-0.1, -0.05) is 30.3 Å². The van der Waals surface area contributed by atoms with Crippen molar-refractivity contribution in [1.82, 2.24) is 24.4 Å². The number of anilines is 1. The number of hydrogen-bond donors (Lipinski definition) is 0. The number of nitrogens with zero attached hydrogens (tertiary/aromatic N) is 6. The van der Waals surface area contributed by atoms with E-state index in [1.807, 2.05) is 12.1 Å². The van der Waals surface area contributed by atoms with E-state index in [2.05, 4.69) is 61.8 Å². The smallest absolute Gasteiger partial charge is 0.225 e. The van der Waals surface area contributed by atoms with Crippen molar-refractivity contribution >= 4 is 5.95 Å². The molecule has 0 aliphatic carbocycles. The van der Waals surface area contributed by atoms with E-state index in [4.69, 9.17) is 4.98 Å². The molecule has 0 spiro atoms. The molecule has 6 heteroatoms. The van der Waals surface area contributed by atoms with Crippen LogP contribution in [0.1, 0.15) is 5.69 Å². The summed E-state index contributed by atoms with van der Waals surface area (Å²) in [6.07, 6.45) is 5.73. The van der Waals surface area contributed by atoms with Crippen molar-refractivity contribution < 1.29 is 0 Å². The minimum atomic E-state index is 0.825. The molecule has 0 N–H and O–H groups in total. The van der Waals surface area contributed by atoms with Crippen molar-refractivity contribution in [1.29, 1.82) is 0 Å². The van der Waals surface area contributed by atoms with E-state index in [0.29, 0.717) is 0 Å². The van der Waals surface area contributed by atoms with Crippen LogP contribution in [-0.2, 0) is 13.6 Å². The summed E-state index contributed by atoms with van der Waals surface area (Å²) in [5.41, 5.74) is 2.27. The van der Waals surface area contributed by atoms with Crippen LogP contribution in [0.4, 0.5) is 5.95 Å². The summed E-state index contributed by atoms with van der Waals surface area (Å²) in [6.45, 7) is 4.76. The Hall–Kier alpha value is -2.73. The first kappa shape index (κ1) is 15.8. The lowest BCUT2D eigenvalue weighted by molar-refractivity contribution is 0.246. The van der Waals surface area contributed by atoms with Gasteiger partial charge in [-0.25, -0.2) is 15.0 Å². The van der Waals surface area contributed by atoms with Crippen LogP contribution in [0.25, 0.3) is 11.4 Å². The number of aromatic nitrogens is 4. The van der Waals surface area contributed by atoms with Crippen LogP contribution in [0, 0.1) is 0 Å². The van der Waals surface area contributed by atoms with E-state index in [1.54, 1.807) is 12.4 Å². The Morgan fingerprint density at radius 2 is 1.64 bits per heavy atom. The maximum atomic E-state index is 4.83. The van der Waals surface area contributed by atoms with Gasteiger partial charge in [-0.15, -0.1) is 0 Å². The maximum Gasteiger partial charge on any atom is 0.225 e. The Balaban J connectivity index is 1.39. The molecule has 128 valence electrons. The van der Waals surface area contributed by atoms with Gasteiger partial charge >= 0.3 is 0 Å². The van der Waals surface area contributed by atoms with E-state index in [9.17, 15) is 0 Å². The van der Waals surface area contributed by atoms with Crippen LogP contribution in [0.2, 0.25) is 0 Å². The highest BCUT2D eigenvalue weighted by Crippen LogP contribution is 2.19. The average molecular weight is 334 g/mol. The minimum Gasteiger partial charge on any atom is -0.338 e. The molecule has 0 saturated carbocycles. The molecule has 3 heterocycles. The van der Waals surface area contributed by atoms with Gasteiger partial charge in [0.05, 0.1) is 5.69 Å². The van der Waals surface area contributed by atoms with Crippen LogP contribution in [0.3, 0.4) is 0 Å². The predicted octanol–water partition coefficient (Wildman–Crippen LogP) is 2.20. The van der Waals surface area contributed by atoms with Gasteiger partial charge in [-0.3, -0.25) is 4.90 Å². The normalized spacial score (nSPS) is 15.5. The first-order valence-corrected chi connectivity index (χ1v) is 8.61. The highest BCUT2D eigenvalue weighted by atomic mass is 15.3. The van der Waals surface area contributed by atoms with Crippen LogP contribution < -0.4 is 4.90 Å². The molecule has 2 aromatic heterocycles. The molecule has 3 aromatic rings. The summed E-state index contributed by atoms with van der Waals surface area (Å²) in [6, 6.07) is 12.2. The lowest BCUT2D eigenvalue weighted by Crippen LogP contribution is -2.46. The summed E-state index contributed by atoms with van der Waals surface area (Å²) in [5, 5.41) is 0. The van der Waals surface area contributed by atoms with Crippen LogP contribution in [0.5, 0.6) is 0 Å². The standard InChI is InChI=1S/C19H22N6/c1-23-14-17(22-18(23)16-6-3-2-4-7-16)15-24-10-12-25(13-11-24)19-20-8-5-9-21-19/h2-9,14H,10-13,15H2,1H3.